The van der Waals surface area contributed by atoms with E-state index < -0.39 is 0 Å². The van der Waals surface area contributed by atoms with Crippen LogP contribution < -0.4 is 0 Å². The van der Waals surface area contributed by atoms with Crippen LogP contribution in [0, 0.1) is 0 Å². The summed E-state index contributed by atoms with van der Waals surface area (Å²) in [4.78, 5) is 0. The van der Waals surface area contributed by atoms with E-state index in [1.807, 2.05) is 6.26 Å². The fourth-order valence-corrected chi connectivity index (χ4v) is 2.88. The summed E-state index contributed by atoms with van der Waals surface area (Å²) < 4.78 is 6.77. The molecule has 0 fully saturated rings. The molecule has 0 bridgehead atoms. The minimum Gasteiger partial charge on any atom is -0.462 e. The fourth-order valence-electron chi connectivity index (χ4n) is 1.37. The fraction of sp³-hybridized carbons (Fsp3) is 0. The lowest BCUT2D eigenvalue weighted by atomic mass is 10.2. The van der Waals surface area contributed by atoms with Crippen molar-refractivity contribution in [3.63, 3.8) is 0 Å². The van der Waals surface area contributed by atoms with E-state index in [2.05, 4.69) is 28.3 Å². The van der Waals surface area contributed by atoms with Crippen molar-refractivity contribution in [3.8, 4) is 11.3 Å². The van der Waals surface area contributed by atoms with Crippen LogP contribution in [0.3, 0.4) is 0 Å². The van der Waals surface area contributed by atoms with Gasteiger partial charge in [0.05, 0.1) is 11.0 Å². The molecule has 0 aliphatic carbocycles. The third-order valence-electron chi connectivity index (χ3n) is 1.99. The van der Waals surface area contributed by atoms with Gasteiger partial charge in [-0.05, 0) is 22.9 Å². The van der Waals surface area contributed by atoms with Gasteiger partial charge in [-0.15, -0.1) is 11.3 Å². The molecule has 0 aromatic carbocycles. The molecule has 13 heavy (non-hydrogen) atoms. The zero-order valence-corrected chi connectivity index (χ0v) is 8.32. The zero-order chi connectivity index (χ0) is 8.67. The molecule has 3 heteroatoms. The Morgan fingerprint density at radius 1 is 1.15 bits per heavy atom. The van der Waals surface area contributed by atoms with Crippen LogP contribution >= 0.6 is 22.7 Å². The molecule has 0 atom stereocenters. The second-order valence-electron chi connectivity index (χ2n) is 2.78. The van der Waals surface area contributed by atoms with Crippen LogP contribution in [0.15, 0.2) is 39.0 Å². The largest absolute Gasteiger partial charge is 0.462 e. The van der Waals surface area contributed by atoms with Gasteiger partial charge in [0.2, 0.25) is 0 Å². The van der Waals surface area contributed by atoms with E-state index in [1.54, 1.807) is 22.7 Å². The number of hydrogen-bond acceptors (Lipinski definition) is 3. The van der Waals surface area contributed by atoms with Crippen molar-refractivity contribution in [1.82, 2.24) is 0 Å². The molecule has 0 amide bonds. The highest BCUT2D eigenvalue weighted by Crippen LogP contribution is 2.34. The average molecular weight is 206 g/mol. The molecule has 0 saturated heterocycles. The molecule has 0 saturated carbocycles. The highest BCUT2D eigenvalue weighted by molar-refractivity contribution is 7.17. The monoisotopic (exact) mass is 206 g/mol. The topological polar surface area (TPSA) is 13.1 Å². The molecule has 3 aromatic rings. The van der Waals surface area contributed by atoms with E-state index >= 15 is 0 Å². The summed E-state index contributed by atoms with van der Waals surface area (Å²) in [6.45, 7) is 0. The molecule has 3 rings (SSSR count). The van der Waals surface area contributed by atoms with Crippen LogP contribution in [0.25, 0.3) is 21.4 Å². The maximum absolute atomic E-state index is 5.52. The molecule has 0 aliphatic heterocycles. The predicted octanol–water partition coefficient (Wildman–Crippen LogP) is 4.22. The van der Waals surface area contributed by atoms with Gasteiger partial charge in [0.15, 0.2) is 5.76 Å². The summed E-state index contributed by atoms with van der Waals surface area (Å²) in [5.41, 5.74) is 1.18. The summed E-state index contributed by atoms with van der Waals surface area (Å²) >= 11 is 3.42. The first kappa shape index (κ1) is 7.35. The van der Waals surface area contributed by atoms with Crippen LogP contribution in [0.4, 0.5) is 0 Å². The van der Waals surface area contributed by atoms with Crippen molar-refractivity contribution in [2.24, 2.45) is 0 Å². The summed E-state index contributed by atoms with van der Waals surface area (Å²) in [6, 6.07) is 4.17. The first-order chi connectivity index (χ1) is 6.45. The smallest absolute Gasteiger partial charge is 0.152 e. The van der Waals surface area contributed by atoms with Crippen molar-refractivity contribution in [3.05, 3.63) is 34.5 Å². The number of thiophene rings is 2. The summed E-state index contributed by atoms with van der Waals surface area (Å²) in [5, 5.41) is 7.47. The second-order valence-corrected chi connectivity index (χ2v) is 4.48. The summed E-state index contributed by atoms with van der Waals surface area (Å²) in [6.07, 6.45) is 1.82. The van der Waals surface area contributed by atoms with E-state index in [4.69, 9.17) is 4.42 Å². The minimum absolute atomic E-state index is 1.01. The van der Waals surface area contributed by atoms with E-state index in [0.717, 1.165) is 5.76 Å². The second kappa shape index (κ2) is 2.72. The first-order valence-corrected chi connectivity index (χ1v) is 5.74. The summed E-state index contributed by atoms with van der Waals surface area (Å²) in [5.74, 6) is 1.01. The lowest BCUT2D eigenvalue weighted by Gasteiger charge is -1.88. The molecule has 0 N–H and O–H groups in total. The Morgan fingerprint density at radius 2 is 2.15 bits per heavy atom. The molecule has 64 valence electrons. The van der Waals surface area contributed by atoms with Crippen LogP contribution in [0.1, 0.15) is 0 Å². The van der Waals surface area contributed by atoms with Gasteiger partial charge in [0.1, 0.15) is 0 Å². The molecule has 3 heterocycles. The molecular weight excluding hydrogens is 200 g/mol. The van der Waals surface area contributed by atoms with E-state index in [-0.39, 0.29) is 0 Å². The van der Waals surface area contributed by atoms with Crippen molar-refractivity contribution in [1.29, 1.82) is 0 Å². The predicted molar refractivity (Wildman–Crippen MR) is 57.4 cm³/mol. The lowest BCUT2D eigenvalue weighted by Crippen LogP contribution is -1.63. The Bertz CT molecular complexity index is 516. The SMILES string of the molecule is c1cc(-c2occ3ccsc23)cs1. The van der Waals surface area contributed by atoms with Gasteiger partial charge >= 0.3 is 0 Å². The van der Waals surface area contributed by atoms with E-state index in [0.29, 0.717) is 0 Å². The van der Waals surface area contributed by atoms with Gasteiger partial charge in [-0.1, -0.05) is 0 Å². The molecule has 0 unspecified atom stereocenters. The van der Waals surface area contributed by atoms with Crippen molar-refractivity contribution >= 4 is 32.8 Å². The Hall–Kier alpha value is -1.06. The Morgan fingerprint density at radius 3 is 3.00 bits per heavy atom. The first-order valence-electron chi connectivity index (χ1n) is 3.92. The highest BCUT2D eigenvalue weighted by Gasteiger charge is 2.09. The molecular formula is C10H6OS2. The Labute approximate surface area is 83.2 Å². The van der Waals surface area contributed by atoms with Gasteiger partial charge in [-0.2, -0.15) is 11.3 Å². The third-order valence-corrected chi connectivity index (χ3v) is 3.60. The quantitative estimate of drug-likeness (QED) is 0.581. The van der Waals surface area contributed by atoms with Crippen molar-refractivity contribution in [2.45, 2.75) is 0 Å². The molecule has 0 radical (unpaired) electrons. The third kappa shape index (κ3) is 1.04. The average Bonchev–Trinajstić information content (AvgIpc) is 2.79. The Kier molecular flexibility index (Phi) is 1.54. The van der Waals surface area contributed by atoms with Crippen molar-refractivity contribution in [2.75, 3.05) is 0 Å². The van der Waals surface area contributed by atoms with Gasteiger partial charge < -0.3 is 4.42 Å². The zero-order valence-electron chi connectivity index (χ0n) is 6.69. The van der Waals surface area contributed by atoms with Gasteiger partial charge in [0, 0.05) is 16.3 Å². The summed E-state index contributed by atoms with van der Waals surface area (Å²) in [7, 11) is 0. The highest BCUT2D eigenvalue weighted by atomic mass is 32.1. The van der Waals surface area contributed by atoms with E-state index in [1.165, 1.54) is 15.6 Å². The maximum Gasteiger partial charge on any atom is 0.152 e. The van der Waals surface area contributed by atoms with Gasteiger partial charge in [-0.25, -0.2) is 0 Å². The number of furan rings is 1. The van der Waals surface area contributed by atoms with Crippen LogP contribution in [-0.4, -0.2) is 0 Å². The van der Waals surface area contributed by atoms with E-state index in [9.17, 15) is 0 Å². The number of rotatable bonds is 1. The lowest BCUT2D eigenvalue weighted by molar-refractivity contribution is 0.587. The standard InChI is InChI=1S/C10H6OS2/c1-3-12-6-8(1)9-10-7(5-11-9)2-4-13-10/h1-6H. The molecule has 0 aliphatic rings. The van der Waals surface area contributed by atoms with Crippen molar-refractivity contribution < 1.29 is 4.42 Å². The van der Waals surface area contributed by atoms with Crippen LogP contribution in [0.5, 0.6) is 0 Å². The van der Waals surface area contributed by atoms with Crippen LogP contribution in [0.2, 0.25) is 0 Å². The molecule has 0 spiro atoms. The normalized spacial score (nSPS) is 11.1. The minimum atomic E-state index is 1.01. The van der Waals surface area contributed by atoms with Gasteiger partial charge in [0.25, 0.3) is 0 Å². The van der Waals surface area contributed by atoms with Crippen LogP contribution in [-0.2, 0) is 0 Å². The maximum atomic E-state index is 5.52. The molecule has 1 nitrogen and oxygen atoms in total. The number of fused-ring (bicyclic) bond motifs is 1. The number of hydrogen-bond donors (Lipinski definition) is 0. The van der Waals surface area contributed by atoms with Gasteiger partial charge in [-0.3, -0.25) is 0 Å². The Balaban J connectivity index is 2.33. The molecule has 3 aromatic heterocycles.